The standard InChI is InChI=1S/C28H34N2O5/c1-18(7-6-12-27(32)33)29-26(31)16-19-13-14-20(15-19)30-28(34)35-17-25-23-10-4-2-8-21(23)22-9-3-5-11-24(22)25/h2-5,8-11,18-20,25H,6-7,12-17H2,1H3,(H,29,31)(H,30,34)(H,32,33)/t18?,19-,20+/m1/s1. The predicted octanol–water partition coefficient (Wildman–Crippen LogP) is 4.84. The second-order valence-electron chi connectivity index (χ2n) is 9.80. The van der Waals surface area contributed by atoms with E-state index in [1.807, 2.05) is 31.2 Å². The van der Waals surface area contributed by atoms with Gasteiger partial charge >= 0.3 is 12.1 Å². The van der Waals surface area contributed by atoms with Crippen LogP contribution in [0.1, 0.15) is 68.9 Å². The molecule has 2 amide bonds. The van der Waals surface area contributed by atoms with Gasteiger partial charge in [-0.05, 0) is 67.2 Å². The average Bonchev–Trinajstić information content (AvgIpc) is 3.39. The van der Waals surface area contributed by atoms with Crippen molar-refractivity contribution in [2.45, 2.75) is 69.9 Å². The van der Waals surface area contributed by atoms with Gasteiger partial charge in [0.2, 0.25) is 5.91 Å². The minimum atomic E-state index is -0.815. The number of carboxylic acid groups (broad SMARTS) is 1. The number of carbonyl (C=O) groups excluding carboxylic acids is 2. The lowest BCUT2D eigenvalue weighted by molar-refractivity contribution is -0.137. The van der Waals surface area contributed by atoms with Crippen LogP contribution < -0.4 is 10.6 Å². The van der Waals surface area contributed by atoms with E-state index in [1.165, 1.54) is 22.3 Å². The van der Waals surface area contributed by atoms with Crippen LogP contribution in [0, 0.1) is 5.92 Å². The molecule has 1 fully saturated rings. The highest BCUT2D eigenvalue weighted by Crippen LogP contribution is 2.44. The number of carbonyl (C=O) groups is 3. The number of hydrogen-bond donors (Lipinski definition) is 3. The SMILES string of the molecule is CC(CCCC(=O)O)NC(=O)C[C@@H]1CC[C@H](NC(=O)OCC2c3ccccc3-c3ccccc32)C1. The Labute approximate surface area is 206 Å². The number of fused-ring (bicyclic) bond motifs is 3. The third kappa shape index (κ3) is 6.41. The molecule has 2 aliphatic rings. The summed E-state index contributed by atoms with van der Waals surface area (Å²) >= 11 is 0. The van der Waals surface area contributed by atoms with Crippen molar-refractivity contribution in [3.63, 3.8) is 0 Å². The molecule has 35 heavy (non-hydrogen) atoms. The summed E-state index contributed by atoms with van der Waals surface area (Å²) in [6.45, 7) is 2.19. The number of ether oxygens (including phenoxy) is 1. The number of aliphatic carboxylic acids is 1. The third-order valence-corrected chi connectivity index (χ3v) is 7.12. The summed E-state index contributed by atoms with van der Waals surface area (Å²) < 4.78 is 5.65. The lowest BCUT2D eigenvalue weighted by atomic mass is 9.98. The molecule has 0 heterocycles. The van der Waals surface area contributed by atoms with Gasteiger partial charge in [-0.15, -0.1) is 0 Å². The van der Waals surface area contributed by atoms with Crippen molar-refractivity contribution in [2.75, 3.05) is 6.61 Å². The molecule has 1 unspecified atom stereocenters. The number of alkyl carbamates (subject to hydrolysis) is 1. The highest BCUT2D eigenvalue weighted by molar-refractivity contribution is 5.79. The first-order valence-electron chi connectivity index (χ1n) is 12.5. The number of nitrogens with one attached hydrogen (secondary N) is 2. The lowest BCUT2D eigenvalue weighted by Gasteiger charge is -2.17. The molecule has 2 aromatic carbocycles. The van der Waals surface area contributed by atoms with E-state index < -0.39 is 12.1 Å². The van der Waals surface area contributed by atoms with Crippen molar-refractivity contribution < 1.29 is 24.2 Å². The number of hydrogen-bond acceptors (Lipinski definition) is 4. The summed E-state index contributed by atoms with van der Waals surface area (Å²) in [5.41, 5.74) is 4.77. The Morgan fingerprint density at radius 3 is 2.34 bits per heavy atom. The van der Waals surface area contributed by atoms with E-state index in [0.29, 0.717) is 19.3 Å². The second-order valence-corrected chi connectivity index (χ2v) is 9.80. The van der Waals surface area contributed by atoms with Crippen LogP contribution in [0.5, 0.6) is 0 Å². The molecule has 2 aliphatic carbocycles. The Morgan fingerprint density at radius 1 is 1.03 bits per heavy atom. The van der Waals surface area contributed by atoms with Crippen LogP contribution in [0.15, 0.2) is 48.5 Å². The van der Waals surface area contributed by atoms with Crippen LogP contribution in [0.25, 0.3) is 11.1 Å². The Kier molecular flexibility index (Phi) is 8.06. The molecule has 186 valence electrons. The molecule has 0 saturated heterocycles. The zero-order valence-electron chi connectivity index (χ0n) is 20.2. The van der Waals surface area contributed by atoms with Crippen molar-refractivity contribution in [1.29, 1.82) is 0 Å². The van der Waals surface area contributed by atoms with Gasteiger partial charge in [0.1, 0.15) is 6.61 Å². The average molecular weight is 479 g/mol. The Bertz CT molecular complexity index is 1020. The minimum absolute atomic E-state index is 0.0106. The van der Waals surface area contributed by atoms with Gasteiger partial charge < -0.3 is 20.5 Å². The molecule has 0 aromatic heterocycles. The number of rotatable bonds is 10. The monoisotopic (exact) mass is 478 g/mol. The fourth-order valence-corrected chi connectivity index (χ4v) is 5.43. The van der Waals surface area contributed by atoms with Crippen molar-refractivity contribution in [1.82, 2.24) is 10.6 Å². The van der Waals surface area contributed by atoms with Crippen molar-refractivity contribution >= 4 is 18.0 Å². The van der Waals surface area contributed by atoms with E-state index in [0.717, 1.165) is 19.3 Å². The normalized spacial score (nSPS) is 19.5. The van der Waals surface area contributed by atoms with Crippen LogP contribution in [0.2, 0.25) is 0 Å². The predicted molar refractivity (Wildman–Crippen MR) is 133 cm³/mol. The zero-order chi connectivity index (χ0) is 24.8. The first-order valence-corrected chi connectivity index (χ1v) is 12.5. The number of carboxylic acids is 1. The van der Waals surface area contributed by atoms with E-state index in [1.54, 1.807) is 0 Å². The summed E-state index contributed by atoms with van der Waals surface area (Å²) in [5.74, 6) is -0.574. The van der Waals surface area contributed by atoms with Gasteiger partial charge in [0.25, 0.3) is 0 Å². The van der Waals surface area contributed by atoms with E-state index in [9.17, 15) is 14.4 Å². The first-order chi connectivity index (χ1) is 16.9. The van der Waals surface area contributed by atoms with Crippen molar-refractivity contribution in [3.8, 4) is 11.1 Å². The van der Waals surface area contributed by atoms with Gasteiger partial charge in [0, 0.05) is 30.8 Å². The highest BCUT2D eigenvalue weighted by atomic mass is 16.5. The van der Waals surface area contributed by atoms with Gasteiger partial charge in [-0.3, -0.25) is 9.59 Å². The van der Waals surface area contributed by atoms with E-state index >= 15 is 0 Å². The molecule has 3 N–H and O–H groups in total. The molecule has 2 aromatic rings. The molecule has 0 bridgehead atoms. The molecule has 0 spiro atoms. The maximum absolute atomic E-state index is 12.5. The quantitative estimate of drug-likeness (QED) is 0.453. The van der Waals surface area contributed by atoms with E-state index in [-0.39, 0.29) is 42.9 Å². The van der Waals surface area contributed by atoms with Crippen LogP contribution in [-0.2, 0) is 14.3 Å². The van der Waals surface area contributed by atoms with Gasteiger partial charge in [0.05, 0.1) is 0 Å². The molecule has 0 radical (unpaired) electrons. The minimum Gasteiger partial charge on any atom is -0.481 e. The fourth-order valence-electron chi connectivity index (χ4n) is 5.43. The Hall–Kier alpha value is -3.35. The van der Waals surface area contributed by atoms with Crippen LogP contribution in [0.4, 0.5) is 4.79 Å². The maximum Gasteiger partial charge on any atom is 0.407 e. The molecule has 1 saturated carbocycles. The molecular weight excluding hydrogens is 444 g/mol. The number of amides is 2. The van der Waals surface area contributed by atoms with Gasteiger partial charge in [-0.1, -0.05) is 48.5 Å². The molecular formula is C28H34N2O5. The summed E-state index contributed by atoms with van der Waals surface area (Å²) in [5, 5.41) is 14.7. The summed E-state index contributed by atoms with van der Waals surface area (Å²) in [6, 6.07) is 16.5. The second kappa shape index (κ2) is 11.4. The van der Waals surface area contributed by atoms with Crippen molar-refractivity contribution in [3.05, 3.63) is 59.7 Å². The van der Waals surface area contributed by atoms with E-state index in [4.69, 9.17) is 9.84 Å². The maximum atomic E-state index is 12.5. The highest BCUT2D eigenvalue weighted by Gasteiger charge is 2.31. The molecule has 3 atom stereocenters. The van der Waals surface area contributed by atoms with Gasteiger partial charge in [-0.2, -0.15) is 0 Å². The fraction of sp³-hybridized carbons (Fsp3) is 0.464. The zero-order valence-corrected chi connectivity index (χ0v) is 20.2. The summed E-state index contributed by atoms with van der Waals surface area (Å²) in [6.07, 6.45) is 3.80. The summed E-state index contributed by atoms with van der Waals surface area (Å²) in [4.78, 5) is 35.5. The number of benzene rings is 2. The lowest BCUT2D eigenvalue weighted by Crippen LogP contribution is -2.35. The van der Waals surface area contributed by atoms with Gasteiger partial charge in [-0.25, -0.2) is 4.79 Å². The molecule has 0 aliphatic heterocycles. The molecule has 7 nitrogen and oxygen atoms in total. The van der Waals surface area contributed by atoms with Crippen LogP contribution in [-0.4, -0.2) is 41.8 Å². The topological polar surface area (TPSA) is 105 Å². The molecule has 4 rings (SSSR count). The van der Waals surface area contributed by atoms with E-state index in [2.05, 4.69) is 34.9 Å². The third-order valence-electron chi connectivity index (χ3n) is 7.12. The Morgan fingerprint density at radius 2 is 1.69 bits per heavy atom. The van der Waals surface area contributed by atoms with Crippen molar-refractivity contribution in [2.24, 2.45) is 5.92 Å². The Balaban J connectivity index is 1.20. The summed E-state index contributed by atoms with van der Waals surface area (Å²) in [7, 11) is 0. The van der Waals surface area contributed by atoms with Gasteiger partial charge in [0.15, 0.2) is 0 Å². The largest absolute Gasteiger partial charge is 0.481 e. The van der Waals surface area contributed by atoms with Crippen LogP contribution >= 0.6 is 0 Å². The smallest absolute Gasteiger partial charge is 0.407 e. The van der Waals surface area contributed by atoms with Crippen LogP contribution in [0.3, 0.4) is 0 Å². The molecule has 7 heteroatoms. The first kappa shape index (κ1) is 24.8.